The molecule has 2 N–H and O–H groups in total. The van der Waals surface area contributed by atoms with Crippen molar-refractivity contribution in [1.29, 1.82) is 0 Å². The van der Waals surface area contributed by atoms with Crippen LogP contribution in [0.3, 0.4) is 0 Å². The first-order valence-electron chi connectivity index (χ1n) is 7.24. The van der Waals surface area contributed by atoms with Crippen LogP contribution in [-0.2, 0) is 9.59 Å². The van der Waals surface area contributed by atoms with Crippen LogP contribution in [-0.4, -0.2) is 48.4 Å². The van der Waals surface area contributed by atoms with E-state index in [0.29, 0.717) is 19.0 Å². The van der Waals surface area contributed by atoms with E-state index in [-0.39, 0.29) is 17.4 Å². The van der Waals surface area contributed by atoms with Crippen molar-refractivity contribution in [2.75, 3.05) is 26.2 Å². The summed E-state index contributed by atoms with van der Waals surface area (Å²) in [5.41, 5.74) is -0.176. The number of likely N-dealkylation sites (tertiary alicyclic amines) is 1. The minimum atomic E-state index is -0.176. The molecule has 5 nitrogen and oxygen atoms in total. The highest BCUT2D eigenvalue weighted by Gasteiger charge is 2.22. The number of amides is 2. The average molecular weight is 281 g/mol. The molecule has 1 heterocycles. The first-order valence-corrected chi connectivity index (χ1v) is 7.24. The molecule has 0 spiro atoms. The highest BCUT2D eigenvalue weighted by Crippen LogP contribution is 2.16. The Hall–Kier alpha value is -1.36. The van der Waals surface area contributed by atoms with Crippen LogP contribution in [0.15, 0.2) is 12.7 Å². The predicted molar refractivity (Wildman–Crippen MR) is 80.3 cm³/mol. The molecular formula is C15H27N3O2. The van der Waals surface area contributed by atoms with Crippen molar-refractivity contribution in [2.24, 2.45) is 5.92 Å². The van der Waals surface area contributed by atoms with E-state index < -0.39 is 0 Å². The second-order valence-electron chi connectivity index (χ2n) is 6.47. The molecule has 0 saturated carbocycles. The number of rotatable bonds is 5. The minimum absolute atomic E-state index is 0.0795. The maximum absolute atomic E-state index is 11.8. The number of carbonyl (C=O) groups is 2. The molecule has 1 aliphatic heterocycles. The van der Waals surface area contributed by atoms with E-state index in [1.54, 1.807) is 0 Å². The normalized spacial score (nSPS) is 17.6. The number of hydrogen-bond donors (Lipinski definition) is 2. The third-order valence-electron chi connectivity index (χ3n) is 3.34. The Bertz CT molecular complexity index is 353. The second kappa shape index (κ2) is 7.43. The number of nitrogens with one attached hydrogen (secondary N) is 2. The van der Waals surface area contributed by atoms with E-state index in [4.69, 9.17) is 0 Å². The zero-order valence-corrected chi connectivity index (χ0v) is 12.9. The van der Waals surface area contributed by atoms with E-state index in [0.717, 1.165) is 25.9 Å². The molecule has 0 aromatic heterocycles. The van der Waals surface area contributed by atoms with Crippen molar-refractivity contribution in [1.82, 2.24) is 15.5 Å². The van der Waals surface area contributed by atoms with Crippen LogP contribution in [0.5, 0.6) is 0 Å². The summed E-state index contributed by atoms with van der Waals surface area (Å²) in [6, 6.07) is 0. The van der Waals surface area contributed by atoms with Gasteiger partial charge in [0.25, 0.3) is 0 Å². The Morgan fingerprint density at radius 2 is 1.90 bits per heavy atom. The van der Waals surface area contributed by atoms with Crippen molar-refractivity contribution < 1.29 is 9.59 Å². The van der Waals surface area contributed by atoms with Gasteiger partial charge in [-0.2, -0.15) is 0 Å². The topological polar surface area (TPSA) is 61.4 Å². The molecular weight excluding hydrogens is 254 g/mol. The van der Waals surface area contributed by atoms with Crippen molar-refractivity contribution in [2.45, 2.75) is 39.2 Å². The van der Waals surface area contributed by atoms with E-state index in [1.807, 2.05) is 20.8 Å². The number of piperidine rings is 1. The lowest BCUT2D eigenvalue weighted by molar-refractivity contribution is -0.124. The summed E-state index contributed by atoms with van der Waals surface area (Å²) in [7, 11) is 0. The van der Waals surface area contributed by atoms with Gasteiger partial charge < -0.3 is 10.6 Å². The SMILES string of the molecule is C=CC(=O)NCC1CCN(CC(=O)NC(C)(C)C)CC1. The largest absolute Gasteiger partial charge is 0.352 e. The van der Waals surface area contributed by atoms with Crippen molar-refractivity contribution in [3.05, 3.63) is 12.7 Å². The molecule has 0 radical (unpaired) electrons. The molecule has 1 saturated heterocycles. The Morgan fingerprint density at radius 1 is 1.30 bits per heavy atom. The highest BCUT2D eigenvalue weighted by atomic mass is 16.2. The van der Waals surface area contributed by atoms with Gasteiger partial charge in [0, 0.05) is 12.1 Å². The number of hydrogen-bond acceptors (Lipinski definition) is 3. The maximum atomic E-state index is 11.8. The molecule has 114 valence electrons. The van der Waals surface area contributed by atoms with E-state index in [9.17, 15) is 9.59 Å². The standard InChI is InChI=1S/C15H27N3O2/c1-5-13(19)16-10-12-6-8-18(9-7-12)11-14(20)17-15(2,3)4/h5,12H,1,6-11H2,2-4H3,(H,16,19)(H,17,20). The smallest absolute Gasteiger partial charge is 0.243 e. The molecule has 1 rings (SSSR count). The van der Waals surface area contributed by atoms with Crippen LogP contribution in [0.2, 0.25) is 0 Å². The monoisotopic (exact) mass is 281 g/mol. The zero-order chi connectivity index (χ0) is 15.2. The van der Waals surface area contributed by atoms with E-state index >= 15 is 0 Å². The van der Waals surface area contributed by atoms with Crippen LogP contribution in [0.25, 0.3) is 0 Å². The molecule has 5 heteroatoms. The van der Waals surface area contributed by atoms with Gasteiger partial charge in [0.05, 0.1) is 6.54 Å². The molecule has 0 aromatic carbocycles. The molecule has 0 bridgehead atoms. The minimum Gasteiger partial charge on any atom is -0.352 e. The average Bonchev–Trinajstić information content (AvgIpc) is 2.35. The molecule has 2 amide bonds. The van der Waals surface area contributed by atoms with Crippen LogP contribution in [0, 0.1) is 5.92 Å². The molecule has 0 aromatic rings. The van der Waals surface area contributed by atoms with Crippen LogP contribution < -0.4 is 10.6 Å². The quantitative estimate of drug-likeness (QED) is 0.737. The fraction of sp³-hybridized carbons (Fsp3) is 0.733. The first kappa shape index (κ1) is 16.7. The summed E-state index contributed by atoms with van der Waals surface area (Å²) in [5.74, 6) is 0.466. The Morgan fingerprint density at radius 3 is 2.40 bits per heavy atom. The molecule has 1 aliphatic rings. The van der Waals surface area contributed by atoms with Gasteiger partial charge in [-0.3, -0.25) is 14.5 Å². The van der Waals surface area contributed by atoms with Crippen molar-refractivity contribution >= 4 is 11.8 Å². The summed E-state index contributed by atoms with van der Waals surface area (Å²) >= 11 is 0. The van der Waals surface area contributed by atoms with Gasteiger partial charge in [0.2, 0.25) is 11.8 Å². The lowest BCUT2D eigenvalue weighted by atomic mass is 9.96. The van der Waals surface area contributed by atoms with Crippen LogP contribution in [0.4, 0.5) is 0 Å². The van der Waals surface area contributed by atoms with Crippen molar-refractivity contribution in [3.8, 4) is 0 Å². The summed E-state index contributed by atoms with van der Waals surface area (Å²) < 4.78 is 0. The van der Waals surface area contributed by atoms with Gasteiger partial charge in [-0.15, -0.1) is 0 Å². The number of carbonyl (C=O) groups excluding carboxylic acids is 2. The lowest BCUT2D eigenvalue weighted by Gasteiger charge is -2.32. The van der Waals surface area contributed by atoms with Gasteiger partial charge in [-0.1, -0.05) is 6.58 Å². The maximum Gasteiger partial charge on any atom is 0.243 e. The summed E-state index contributed by atoms with van der Waals surface area (Å²) in [5, 5.41) is 5.81. The Labute approximate surface area is 121 Å². The predicted octanol–water partition coefficient (Wildman–Crippen LogP) is 0.915. The molecule has 0 aliphatic carbocycles. The Balaban J connectivity index is 2.23. The third kappa shape index (κ3) is 6.70. The second-order valence-corrected chi connectivity index (χ2v) is 6.47. The molecule has 0 atom stereocenters. The number of nitrogens with zero attached hydrogens (tertiary/aromatic N) is 1. The molecule has 0 unspecified atom stereocenters. The Kier molecular flexibility index (Phi) is 6.20. The highest BCUT2D eigenvalue weighted by molar-refractivity contribution is 5.86. The summed E-state index contributed by atoms with van der Waals surface area (Å²) in [6.45, 7) is 12.4. The first-order chi connectivity index (χ1) is 9.30. The third-order valence-corrected chi connectivity index (χ3v) is 3.34. The van der Waals surface area contributed by atoms with Gasteiger partial charge in [0.1, 0.15) is 0 Å². The summed E-state index contributed by atoms with van der Waals surface area (Å²) in [4.78, 5) is 25.1. The molecule has 20 heavy (non-hydrogen) atoms. The van der Waals surface area contributed by atoms with E-state index in [2.05, 4.69) is 22.1 Å². The molecule has 1 fully saturated rings. The van der Waals surface area contributed by atoms with Crippen LogP contribution >= 0.6 is 0 Å². The van der Waals surface area contributed by atoms with Crippen molar-refractivity contribution in [3.63, 3.8) is 0 Å². The van der Waals surface area contributed by atoms with Gasteiger partial charge in [-0.05, 0) is 58.7 Å². The fourth-order valence-corrected chi connectivity index (χ4v) is 2.33. The van der Waals surface area contributed by atoms with Crippen LogP contribution in [0.1, 0.15) is 33.6 Å². The zero-order valence-electron chi connectivity index (χ0n) is 12.9. The lowest BCUT2D eigenvalue weighted by Crippen LogP contribution is -2.48. The van der Waals surface area contributed by atoms with Gasteiger partial charge in [-0.25, -0.2) is 0 Å². The van der Waals surface area contributed by atoms with Gasteiger partial charge >= 0.3 is 0 Å². The van der Waals surface area contributed by atoms with E-state index in [1.165, 1.54) is 6.08 Å². The fourth-order valence-electron chi connectivity index (χ4n) is 2.33. The van der Waals surface area contributed by atoms with Gasteiger partial charge in [0.15, 0.2) is 0 Å². The summed E-state index contributed by atoms with van der Waals surface area (Å²) in [6.07, 6.45) is 3.33.